The minimum atomic E-state index is -0.522. The predicted octanol–water partition coefficient (Wildman–Crippen LogP) is 3.07. The van der Waals surface area contributed by atoms with E-state index in [1.54, 1.807) is 0 Å². The van der Waals surface area contributed by atoms with E-state index in [2.05, 4.69) is 27.6 Å². The Balaban J connectivity index is 2.45. The summed E-state index contributed by atoms with van der Waals surface area (Å²) in [4.78, 5) is 22.7. The van der Waals surface area contributed by atoms with Gasteiger partial charge < -0.3 is 4.74 Å². The third-order valence-corrected chi connectivity index (χ3v) is 2.92. The molecule has 0 fully saturated rings. The van der Waals surface area contributed by atoms with Crippen LogP contribution in [0.3, 0.4) is 0 Å². The van der Waals surface area contributed by atoms with Crippen LogP contribution >= 0.6 is 15.9 Å². The van der Waals surface area contributed by atoms with Crippen LogP contribution in [0.25, 0.3) is 0 Å². The Labute approximate surface area is 109 Å². The van der Waals surface area contributed by atoms with Crippen LogP contribution in [-0.4, -0.2) is 11.9 Å². The van der Waals surface area contributed by atoms with Crippen LogP contribution in [0.5, 0.6) is 0 Å². The lowest BCUT2D eigenvalue weighted by atomic mass is 10.1. The summed E-state index contributed by atoms with van der Waals surface area (Å²) >= 11 is 3.33. The molecular weight excluding hydrogens is 284 g/mol. The van der Waals surface area contributed by atoms with Crippen molar-refractivity contribution in [3.63, 3.8) is 0 Å². The van der Waals surface area contributed by atoms with Crippen molar-refractivity contribution in [2.45, 2.75) is 25.7 Å². The number of esters is 2. The highest BCUT2D eigenvalue weighted by atomic mass is 79.9. The van der Waals surface area contributed by atoms with Gasteiger partial charge in [-0.1, -0.05) is 47.5 Å². The third kappa shape index (κ3) is 5.13. The maximum absolute atomic E-state index is 11.5. The van der Waals surface area contributed by atoms with Gasteiger partial charge in [-0.3, -0.25) is 9.59 Å². The summed E-state index contributed by atoms with van der Waals surface area (Å²) in [5.74, 6) is -1.00. The zero-order valence-electron chi connectivity index (χ0n) is 9.45. The van der Waals surface area contributed by atoms with E-state index in [1.165, 1.54) is 0 Å². The quantitative estimate of drug-likeness (QED) is 0.620. The molecule has 0 bridgehead atoms. The summed E-state index contributed by atoms with van der Waals surface area (Å²) in [6, 6.07) is 7.34. The first-order valence-corrected chi connectivity index (χ1v) is 6.19. The van der Waals surface area contributed by atoms with Gasteiger partial charge in [0.25, 0.3) is 0 Å². The zero-order valence-corrected chi connectivity index (χ0v) is 11.0. The van der Waals surface area contributed by atoms with Gasteiger partial charge in [0.2, 0.25) is 0 Å². The fourth-order valence-electron chi connectivity index (χ4n) is 1.28. The fraction of sp³-hybridized carbons (Fsp3) is 0.308. The largest absolute Gasteiger partial charge is 0.393 e. The third-order valence-electron chi connectivity index (χ3n) is 2.15. The molecule has 1 rings (SSSR count). The summed E-state index contributed by atoms with van der Waals surface area (Å²) < 4.78 is 5.52. The summed E-state index contributed by atoms with van der Waals surface area (Å²) in [7, 11) is 0. The molecule has 0 amide bonds. The van der Waals surface area contributed by atoms with Gasteiger partial charge in [0, 0.05) is 10.9 Å². The van der Waals surface area contributed by atoms with Crippen molar-refractivity contribution in [1.29, 1.82) is 0 Å². The van der Waals surface area contributed by atoms with Crippen molar-refractivity contribution in [2.75, 3.05) is 0 Å². The molecule has 0 aliphatic carbocycles. The van der Waals surface area contributed by atoms with E-state index in [0.717, 1.165) is 10.0 Å². The number of benzene rings is 1. The molecule has 0 atom stereocenters. The normalized spacial score (nSPS) is 10.0. The Morgan fingerprint density at radius 1 is 1.24 bits per heavy atom. The number of carbonyl (C=O) groups excluding carboxylic acids is 2. The molecule has 1 aromatic carbocycles. The molecule has 0 spiro atoms. The number of hydrogen-bond acceptors (Lipinski definition) is 3. The molecule has 0 heterocycles. The van der Waals surface area contributed by atoms with Crippen LogP contribution in [-0.2, 0) is 20.7 Å². The lowest BCUT2D eigenvalue weighted by molar-refractivity contribution is -0.159. The van der Waals surface area contributed by atoms with Crippen LogP contribution < -0.4 is 0 Å². The Morgan fingerprint density at radius 2 is 1.94 bits per heavy atom. The summed E-state index contributed by atoms with van der Waals surface area (Å²) in [5, 5.41) is 0. The minimum absolute atomic E-state index is 0.0948. The van der Waals surface area contributed by atoms with Crippen LogP contribution in [0.2, 0.25) is 0 Å². The molecule has 0 aromatic heterocycles. The first kappa shape index (κ1) is 13.9. The van der Waals surface area contributed by atoms with E-state index < -0.39 is 11.9 Å². The van der Waals surface area contributed by atoms with Gasteiger partial charge in [0.15, 0.2) is 0 Å². The Kier molecular flexibility index (Phi) is 5.91. The molecule has 0 N–H and O–H groups in total. The van der Waals surface area contributed by atoms with Crippen LogP contribution in [0.15, 0.2) is 28.7 Å². The lowest BCUT2D eigenvalue weighted by Gasteiger charge is -2.04. The monoisotopic (exact) mass is 297 g/mol. The van der Waals surface area contributed by atoms with Gasteiger partial charge in [-0.15, -0.1) is 0 Å². The van der Waals surface area contributed by atoms with Crippen LogP contribution in [0.1, 0.15) is 24.8 Å². The molecule has 0 aliphatic heterocycles. The number of halogens is 1. The molecule has 0 aliphatic rings. The highest BCUT2D eigenvalue weighted by molar-refractivity contribution is 9.10. The van der Waals surface area contributed by atoms with Gasteiger partial charge in [0.05, 0.1) is 6.42 Å². The van der Waals surface area contributed by atoms with Crippen molar-refractivity contribution < 1.29 is 14.3 Å². The second-order valence-corrected chi connectivity index (χ2v) is 4.43. The van der Waals surface area contributed by atoms with E-state index in [4.69, 9.17) is 0 Å². The molecule has 0 saturated carbocycles. The first-order chi connectivity index (χ1) is 8.13. The van der Waals surface area contributed by atoms with E-state index >= 15 is 0 Å². The molecule has 0 saturated heterocycles. The number of ether oxygens (including phenoxy) is 1. The molecule has 1 aromatic rings. The van der Waals surface area contributed by atoms with Gasteiger partial charge in [-0.05, 0) is 18.1 Å². The van der Waals surface area contributed by atoms with Crippen LogP contribution in [0.4, 0.5) is 0 Å². The van der Waals surface area contributed by atoms with Gasteiger partial charge in [-0.2, -0.15) is 0 Å². The van der Waals surface area contributed by atoms with E-state index in [1.807, 2.05) is 24.3 Å². The van der Waals surface area contributed by atoms with Crippen molar-refractivity contribution >= 4 is 27.9 Å². The Bertz CT molecular complexity index is 401. The van der Waals surface area contributed by atoms with E-state index in [0.29, 0.717) is 12.8 Å². The van der Waals surface area contributed by atoms with Crippen molar-refractivity contribution in [3.05, 3.63) is 41.2 Å². The average molecular weight is 298 g/mol. The molecule has 17 heavy (non-hydrogen) atoms. The number of hydrogen-bond donors (Lipinski definition) is 0. The maximum atomic E-state index is 11.5. The van der Waals surface area contributed by atoms with Crippen LogP contribution in [0, 0.1) is 6.92 Å². The SMILES string of the molecule is [CH2]CCCC(=O)OC(=O)Cc1ccccc1Br. The smallest absolute Gasteiger partial charge is 0.317 e. The molecule has 0 unspecified atom stereocenters. The average Bonchev–Trinajstić information content (AvgIpc) is 2.29. The first-order valence-electron chi connectivity index (χ1n) is 5.39. The highest BCUT2D eigenvalue weighted by Crippen LogP contribution is 2.16. The maximum Gasteiger partial charge on any atom is 0.317 e. The van der Waals surface area contributed by atoms with E-state index in [9.17, 15) is 9.59 Å². The van der Waals surface area contributed by atoms with Crippen molar-refractivity contribution in [2.24, 2.45) is 0 Å². The molecule has 91 valence electrons. The number of rotatable bonds is 5. The minimum Gasteiger partial charge on any atom is -0.393 e. The molecular formula is C13H14BrO3. The van der Waals surface area contributed by atoms with Gasteiger partial charge in [0.1, 0.15) is 0 Å². The Morgan fingerprint density at radius 3 is 2.59 bits per heavy atom. The van der Waals surface area contributed by atoms with Crippen molar-refractivity contribution in [3.8, 4) is 0 Å². The second kappa shape index (κ2) is 7.22. The predicted molar refractivity (Wildman–Crippen MR) is 68.2 cm³/mol. The van der Waals surface area contributed by atoms with E-state index in [-0.39, 0.29) is 12.8 Å². The topological polar surface area (TPSA) is 43.4 Å². The van der Waals surface area contributed by atoms with Crippen molar-refractivity contribution in [1.82, 2.24) is 0 Å². The highest BCUT2D eigenvalue weighted by Gasteiger charge is 2.12. The fourth-order valence-corrected chi connectivity index (χ4v) is 1.71. The standard InChI is InChI=1S/C13H14BrO3/c1-2-3-8-12(15)17-13(16)9-10-6-4-5-7-11(10)14/h4-7H,1-3,8-9H2. The summed E-state index contributed by atoms with van der Waals surface area (Å²) in [5.41, 5.74) is 0.808. The molecule has 4 heteroatoms. The van der Waals surface area contributed by atoms with Gasteiger partial charge >= 0.3 is 11.9 Å². The summed E-state index contributed by atoms with van der Waals surface area (Å²) in [6.45, 7) is 3.62. The number of unbranched alkanes of at least 4 members (excludes halogenated alkanes) is 1. The molecule has 1 radical (unpaired) electrons. The zero-order chi connectivity index (χ0) is 12.7. The molecule has 3 nitrogen and oxygen atoms in total. The lowest BCUT2D eigenvalue weighted by Crippen LogP contribution is -2.14. The summed E-state index contributed by atoms with van der Waals surface area (Å²) in [6.07, 6.45) is 1.64. The Hall–Kier alpha value is -1.16. The van der Waals surface area contributed by atoms with Gasteiger partial charge in [-0.25, -0.2) is 0 Å². The number of carbonyl (C=O) groups is 2. The second-order valence-electron chi connectivity index (χ2n) is 3.57.